The number of fused-ring (bicyclic) bond motifs is 1. The fraction of sp³-hybridized carbons (Fsp3) is 0.160. The van der Waals surface area contributed by atoms with Crippen molar-refractivity contribution in [2.45, 2.75) is 35.6 Å². The Kier molecular flexibility index (Phi) is 8.57. The Labute approximate surface area is 202 Å². The molecule has 0 aliphatic carbocycles. The van der Waals surface area contributed by atoms with Crippen molar-refractivity contribution in [1.82, 2.24) is 0 Å². The summed E-state index contributed by atoms with van der Waals surface area (Å²) in [5.74, 6) is 0. The minimum absolute atomic E-state index is 0. The zero-order chi connectivity index (χ0) is 19.2. The number of hydrogen-bond donors (Lipinski definition) is 0. The van der Waals surface area contributed by atoms with E-state index in [2.05, 4.69) is 112 Å². The van der Waals surface area contributed by atoms with Crippen molar-refractivity contribution in [2.24, 2.45) is 0 Å². The first-order valence-electron chi connectivity index (χ1n) is 9.68. The van der Waals surface area contributed by atoms with E-state index >= 15 is 0 Å². The summed E-state index contributed by atoms with van der Waals surface area (Å²) >= 11 is 5.48. The molecule has 1 aromatic heterocycles. The van der Waals surface area contributed by atoms with Gasteiger partial charge in [-0.2, -0.15) is 4.57 Å². The molecule has 1 nitrogen and oxygen atoms in total. The summed E-state index contributed by atoms with van der Waals surface area (Å²) in [6, 6.07) is 30.1. The number of benzene rings is 3. The van der Waals surface area contributed by atoms with Gasteiger partial charge in [-0.15, -0.1) is 0 Å². The topological polar surface area (TPSA) is 3.88 Å². The van der Waals surface area contributed by atoms with Gasteiger partial charge in [-0.05, 0) is 58.6 Å². The molecule has 0 bridgehead atoms. The Balaban J connectivity index is 0.00000240. The number of hydrogen-bond acceptors (Lipinski definition) is 1. The van der Waals surface area contributed by atoms with Crippen LogP contribution in [-0.2, 0) is 13.0 Å². The van der Waals surface area contributed by atoms with Gasteiger partial charge in [-0.1, -0.05) is 66.4 Å². The van der Waals surface area contributed by atoms with E-state index in [9.17, 15) is 0 Å². The molecule has 1 heterocycles. The number of aryl methyl sites for hydroxylation is 2. The zero-order valence-corrected chi connectivity index (χ0v) is 20.7. The lowest BCUT2D eigenvalue weighted by molar-refractivity contribution is -0.673. The Hall–Kier alpha value is -1.37. The first-order valence-corrected chi connectivity index (χ1v) is 11.3. The Morgan fingerprint density at radius 3 is 2.34 bits per heavy atom. The van der Waals surface area contributed by atoms with Gasteiger partial charge >= 0.3 is 0 Å². The van der Waals surface area contributed by atoms with E-state index in [1.54, 1.807) is 0 Å². The molecule has 0 atom stereocenters. The molecule has 3 aromatic carbocycles. The highest BCUT2D eigenvalue weighted by atomic mass is 127. The van der Waals surface area contributed by atoms with Gasteiger partial charge in [0.05, 0.1) is 4.90 Å². The SMILES string of the molecule is Brc1ccccc1Sc1cc2ccccc2[n+](CCCCc2ccccc2)c1.[I-]. The van der Waals surface area contributed by atoms with Crippen LogP contribution in [0.15, 0.2) is 105 Å². The molecule has 29 heavy (non-hydrogen) atoms. The van der Waals surface area contributed by atoms with Crippen LogP contribution in [0.4, 0.5) is 0 Å². The molecule has 0 unspecified atom stereocenters. The molecule has 0 spiro atoms. The van der Waals surface area contributed by atoms with E-state index in [0.717, 1.165) is 17.4 Å². The fourth-order valence-corrected chi connectivity index (χ4v) is 4.90. The minimum atomic E-state index is 0. The molecule has 4 rings (SSSR count). The van der Waals surface area contributed by atoms with Crippen LogP contribution in [0.25, 0.3) is 10.9 Å². The van der Waals surface area contributed by atoms with Gasteiger partial charge in [-0.25, -0.2) is 0 Å². The maximum absolute atomic E-state index is 3.67. The summed E-state index contributed by atoms with van der Waals surface area (Å²) in [5.41, 5.74) is 2.73. The second kappa shape index (κ2) is 11.1. The molecular formula is C25H23BrINS. The average Bonchev–Trinajstić information content (AvgIpc) is 2.73. The van der Waals surface area contributed by atoms with Crippen molar-refractivity contribution in [3.8, 4) is 0 Å². The maximum atomic E-state index is 3.67. The number of halogens is 2. The lowest BCUT2D eigenvalue weighted by atomic mass is 10.1. The number of rotatable bonds is 7. The van der Waals surface area contributed by atoms with E-state index in [0.29, 0.717) is 0 Å². The number of unbranched alkanes of at least 4 members (excludes halogenated alkanes) is 1. The van der Waals surface area contributed by atoms with Crippen molar-refractivity contribution in [3.05, 3.63) is 101 Å². The van der Waals surface area contributed by atoms with Crippen LogP contribution in [-0.4, -0.2) is 0 Å². The molecule has 0 saturated carbocycles. The Morgan fingerprint density at radius 2 is 1.52 bits per heavy atom. The smallest absolute Gasteiger partial charge is 0.212 e. The first kappa shape index (κ1) is 22.3. The zero-order valence-electron chi connectivity index (χ0n) is 16.1. The number of para-hydroxylation sites is 1. The molecule has 0 aliphatic rings. The van der Waals surface area contributed by atoms with E-state index < -0.39 is 0 Å². The summed E-state index contributed by atoms with van der Waals surface area (Å²) in [5, 5.41) is 1.29. The summed E-state index contributed by atoms with van der Waals surface area (Å²) in [6.07, 6.45) is 5.82. The molecule has 0 saturated heterocycles. The Bertz CT molecular complexity index is 1070. The third-order valence-electron chi connectivity index (χ3n) is 4.85. The van der Waals surface area contributed by atoms with Crippen LogP contribution < -0.4 is 28.5 Å². The highest BCUT2D eigenvalue weighted by Gasteiger charge is 2.13. The molecule has 0 N–H and O–H groups in total. The lowest BCUT2D eigenvalue weighted by Crippen LogP contribution is -3.00. The van der Waals surface area contributed by atoms with Gasteiger partial charge in [0.15, 0.2) is 6.20 Å². The van der Waals surface area contributed by atoms with Gasteiger partial charge in [-0.3, -0.25) is 0 Å². The third kappa shape index (κ3) is 6.06. The van der Waals surface area contributed by atoms with Crippen LogP contribution in [0.1, 0.15) is 18.4 Å². The van der Waals surface area contributed by atoms with Gasteiger partial charge in [0.25, 0.3) is 0 Å². The number of nitrogens with zero attached hydrogens (tertiary/aromatic N) is 1. The molecule has 0 fully saturated rings. The summed E-state index contributed by atoms with van der Waals surface area (Å²) in [7, 11) is 0. The van der Waals surface area contributed by atoms with Crippen molar-refractivity contribution in [2.75, 3.05) is 0 Å². The predicted molar refractivity (Wildman–Crippen MR) is 122 cm³/mol. The summed E-state index contributed by atoms with van der Waals surface area (Å²) < 4.78 is 3.56. The fourth-order valence-electron chi connectivity index (χ4n) is 3.44. The average molecular weight is 576 g/mol. The molecule has 4 heteroatoms. The van der Waals surface area contributed by atoms with Crippen LogP contribution in [0.2, 0.25) is 0 Å². The number of pyridine rings is 1. The van der Waals surface area contributed by atoms with Crippen molar-refractivity contribution >= 4 is 38.6 Å². The van der Waals surface area contributed by atoms with E-state index in [1.807, 2.05) is 11.8 Å². The van der Waals surface area contributed by atoms with Crippen molar-refractivity contribution in [1.29, 1.82) is 0 Å². The lowest BCUT2D eigenvalue weighted by Gasteiger charge is -2.07. The monoisotopic (exact) mass is 575 g/mol. The van der Waals surface area contributed by atoms with Gasteiger partial charge in [0.1, 0.15) is 6.54 Å². The standard InChI is InChI=1S/C25H23BrNS.HI/c26-23-14-5-7-16-25(23)28-22-18-21-13-4-6-15-24(21)27(19-22)17-9-8-12-20-10-2-1-3-11-20;/h1-7,10-11,13-16,18-19H,8-9,12,17H2;1H/q+1;/p-1. The van der Waals surface area contributed by atoms with Crippen LogP contribution in [0.3, 0.4) is 0 Å². The normalized spacial score (nSPS) is 10.7. The van der Waals surface area contributed by atoms with E-state index in [4.69, 9.17) is 0 Å². The number of aromatic nitrogens is 1. The van der Waals surface area contributed by atoms with Gasteiger partial charge in [0.2, 0.25) is 5.52 Å². The van der Waals surface area contributed by atoms with E-state index in [-0.39, 0.29) is 24.0 Å². The minimum Gasteiger partial charge on any atom is -1.00 e. The predicted octanol–water partition coefficient (Wildman–Crippen LogP) is 4.07. The van der Waals surface area contributed by atoms with Crippen LogP contribution >= 0.6 is 27.7 Å². The van der Waals surface area contributed by atoms with E-state index in [1.165, 1.54) is 39.1 Å². The Morgan fingerprint density at radius 1 is 0.793 bits per heavy atom. The quantitative estimate of drug-likeness (QED) is 0.183. The van der Waals surface area contributed by atoms with Crippen LogP contribution in [0, 0.1) is 0 Å². The second-order valence-corrected chi connectivity index (χ2v) is 8.87. The maximum Gasteiger partial charge on any atom is 0.212 e. The largest absolute Gasteiger partial charge is 1.00 e. The van der Waals surface area contributed by atoms with Gasteiger partial charge < -0.3 is 24.0 Å². The highest BCUT2D eigenvalue weighted by Crippen LogP contribution is 2.33. The highest BCUT2D eigenvalue weighted by molar-refractivity contribution is 9.10. The molecule has 4 aromatic rings. The van der Waals surface area contributed by atoms with Crippen LogP contribution in [0.5, 0.6) is 0 Å². The molecule has 148 valence electrons. The van der Waals surface area contributed by atoms with Crippen molar-refractivity contribution in [3.63, 3.8) is 0 Å². The molecule has 0 radical (unpaired) electrons. The molecule has 0 aliphatic heterocycles. The van der Waals surface area contributed by atoms with Gasteiger partial charge in [0, 0.05) is 27.2 Å². The van der Waals surface area contributed by atoms with Crippen molar-refractivity contribution < 1.29 is 28.5 Å². The molecular weight excluding hydrogens is 553 g/mol. The molecule has 0 amide bonds. The first-order chi connectivity index (χ1) is 13.8. The summed E-state index contributed by atoms with van der Waals surface area (Å²) in [4.78, 5) is 2.52. The summed E-state index contributed by atoms with van der Waals surface area (Å²) in [6.45, 7) is 1.04. The third-order valence-corrected chi connectivity index (χ3v) is 6.84. The second-order valence-electron chi connectivity index (χ2n) is 6.90.